The Morgan fingerprint density at radius 1 is 0.852 bits per heavy atom. The van der Waals surface area contributed by atoms with E-state index in [0.29, 0.717) is 54.0 Å². The number of hydrogen-bond donors (Lipinski definition) is 6. The molecule has 2 aromatic carbocycles. The minimum Gasteiger partial charge on any atom is -0.465 e. The first kappa shape index (κ1) is 50.4. The fourth-order valence-electron chi connectivity index (χ4n) is 5.62. The monoisotopic (exact) mass is 999 g/mol. The molecule has 1 heterocycles. The summed E-state index contributed by atoms with van der Waals surface area (Å²) >= 11 is 1.94. The number of hydrazine groups is 1. The summed E-state index contributed by atoms with van der Waals surface area (Å²) in [6.07, 6.45) is -15.7. The van der Waals surface area contributed by atoms with Crippen molar-refractivity contribution in [3.05, 3.63) is 75.0 Å². The molecule has 0 aliphatic heterocycles. The van der Waals surface area contributed by atoms with Crippen molar-refractivity contribution in [1.29, 1.82) is 0 Å². The van der Waals surface area contributed by atoms with Crippen molar-refractivity contribution in [2.75, 3.05) is 13.7 Å². The number of benzene rings is 2. The van der Waals surface area contributed by atoms with Gasteiger partial charge in [0.1, 0.15) is 23.7 Å². The van der Waals surface area contributed by atoms with Gasteiger partial charge in [-0.25, -0.2) is 28.1 Å². The molecule has 14 nitrogen and oxygen atoms in total. The number of amides is 4. The van der Waals surface area contributed by atoms with Crippen molar-refractivity contribution >= 4 is 46.6 Å². The molecule has 6 N–H and O–H groups in total. The molecule has 4 atom stereocenters. The molecule has 338 valence electrons. The Morgan fingerprint density at radius 2 is 1.38 bits per heavy atom. The van der Waals surface area contributed by atoms with Crippen LogP contribution in [-0.2, 0) is 27.3 Å². The zero-order valence-corrected chi connectivity index (χ0v) is 34.7. The topological polar surface area (TPSA) is 187 Å². The molecule has 4 amide bonds. The van der Waals surface area contributed by atoms with E-state index in [4.69, 9.17) is 0 Å². The van der Waals surface area contributed by atoms with Crippen LogP contribution < -0.4 is 21.4 Å². The number of hydrogen-bond acceptors (Lipinski definition) is 8. The number of rotatable bonds is 17. The Labute approximate surface area is 354 Å². The summed E-state index contributed by atoms with van der Waals surface area (Å²) in [5, 5.41) is 30.4. The molecule has 0 radical (unpaired) electrons. The van der Waals surface area contributed by atoms with Crippen molar-refractivity contribution < 1.29 is 78.0 Å². The lowest BCUT2D eigenvalue weighted by Gasteiger charge is -2.38. The maximum absolute atomic E-state index is 15.7. The fourth-order valence-corrected chi connectivity index (χ4v) is 5.97. The van der Waals surface area contributed by atoms with Gasteiger partial charge in [0.25, 0.3) is 5.91 Å². The van der Waals surface area contributed by atoms with Crippen LogP contribution in [0, 0.1) is 26.0 Å². The molecule has 0 saturated carbocycles. The number of carbonyl (C=O) groups excluding carboxylic acids is 3. The molecule has 0 bridgehead atoms. The minimum absolute atomic E-state index is 0.189. The lowest BCUT2D eigenvalue weighted by atomic mass is 9.82. The summed E-state index contributed by atoms with van der Waals surface area (Å²) in [7, 11) is 0.773. The quantitative estimate of drug-likeness (QED) is 0.0514. The summed E-state index contributed by atoms with van der Waals surface area (Å²) in [5.41, 5.74) is -5.47. The van der Waals surface area contributed by atoms with Gasteiger partial charge in [-0.2, -0.15) is 40.2 Å². The van der Waals surface area contributed by atoms with Crippen LogP contribution in [0.15, 0.2) is 48.7 Å². The van der Waals surface area contributed by atoms with Crippen molar-refractivity contribution in [1.82, 2.24) is 36.2 Å². The molecule has 4 unspecified atom stereocenters. The highest BCUT2D eigenvalue weighted by Gasteiger charge is 2.57. The average molecular weight is 1000 g/mol. The molecular formula is C36H40F10IN7O7. The van der Waals surface area contributed by atoms with Gasteiger partial charge in [-0.15, -0.1) is 0 Å². The molecule has 0 aliphatic rings. The molecule has 1 aromatic heterocycles. The number of carboxylic acid groups (broad SMARTS) is 1. The van der Waals surface area contributed by atoms with Crippen molar-refractivity contribution in [2.24, 2.45) is 10.8 Å². The highest BCUT2D eigenvalue weighted by molar-refractivity contribution is 14.1. The second-order valence-corrected chi connectivity index (χ2v) is 15.9. The van der Waals surface area contributed by atoms with E-state index in [1.54, 1.807) is 17.4 Å². The average Bonchev–Trinajstić information content (AvgIpc) is 3.64. The maximum atomic E-state index is 15.7. The number of methoxy groups -OCH3 is 1. The van der Waals surface area contributed by atoms with Crippen LogP contribution in [-0.4, -0.2) is 99.2 Å². The molecule has 25 heteroatoms. The number of alkyl halides is 8. The minimum atomic E-state index is -5.21. The second kappa shape index (κ2) is 19.9. The van der Waals surface area contributed by atoms with Gasteiger partial charge >= 0.3 is 31.1 Å². The van der Waals surface area contributed by atoms with Crippen LogP contribution in [0.2, 0.25) is 0 Å². The predicted octanol–water partition coefficient (Wildman–Crippen LogP) is 6.29. The normalized spacial score (nSPS) is 14.5. The Hall–Kier alpha value is -4.92. The van der Waals surface area contributed by atoms with E-state index in [9.17, 15) is 64.5 Å². The highest BCUT2D eigenvalue weighted by Crippen LogP contribution is 2.42. The number of ether oxygens (including phenoxy) is 1. The Kier molecular flexibility index (Phi) is 16.4. The maximum Gasteiger partial charge on any atom is 0.407 e. The number of nitrogens with one attached hydrogen (secondary N) is 4. The summed E-state index contributed by atoms with van der Waals surface area (Å²) in [5.74, 6) is -6.14. The van der Waals surface area contributed by atoms with Crippen LogP contribution in [0.25, 0.3) is 11.3 Å². The van der Waals surface area contributed by atoms with Gasteiger partial charge in [0.15, 0.2) is 0 Å². The number of aromatic nitrogens is 2. The van der Waals surface area contributed by atoms with Crippen molar-refractivity contribution in [3.63, 3.8) is 0 Å². The van der Waals surface area contributed by atoms with Gasteiger partial charge < -0.3 is 30.9 Å². The van der Waals surface area contributed by atoms with Gasteiger partial charge in [0.2, 0.25) is 5.91 Å². The Bertz CT molecular complexity index is 2010. The summed E-state index contributed by atoms with van der Waals surface area (Å²) < 4.78 is 148. The molecule has 3 aromatic rings. The number of carbonyl (C=O) groups is 4. The first-order valence-corrected chi connectivity index (χ1v) is 18.6. The number of aliphatic hydroxyl groups is 1. The van der Waals surface area contributed by atoms with Crippen LogP contribution in [0.1, 0.15) is 45.4 Å². The third-order valence-corrected chi connectivity index (χ3v) is 10.3. The van der Waals surface area contributed by atoms with Gasteiger partial charge in [0, 0.05) is 34.0 Å². The SMILES string of the molecule is COC(=O)NC(C(=O)NN(Cc1c(F)cc(-c2ccn(C(F)F)n2)cc1F)CC(O)C(Cc1ccc(I)cc1)NC(=O)C(NC(=O)O)C(C)(C)C(F)(F)F)C(C)(C)C(F)(F)F. The van der Waals surface area contributed by atoms with Gasteiger partial charge in [-0.05, 0) is 92.6 Å². The second-order valence-electron chi connectivity index (χ2n) is 14.6. The first-order valence-electron chi connectivity index (χ1n) is 17.6. The summed E-state index contributed by atoms with van der Waals surface area (Å²) in [6.45, 7) is -3.26. The van der Waals surface area contributed by atoms with Crippen LogP contribution in [0.4, 0.5) is 53.5 Å². The van der Waals surface area contributed by atoms with Crippen LogP contribution >= 0.6 is 22.6 Å². The zero-order valence-electron chi connectivity index (χ0n) is 32.6. The Morgan fingerprint density at radius 3 is 1.84 bits per heavy atom. The van der Waals surface area contributed by atoms with E-state index in [-0.39, 0.29) is 15.9 Å². The smallest absolute Gasteiger partial charge is 0.407 e. The Balaban J connectivity index is 2.15. The lowest BCUT2D eigenvalue weighted by molar-refractivity contribution is -0.221. The highest BCUT2D eigenvalue weighted by atomic mass is 127. The standard InChI is InChI=1S/C36H40F10IN7O7/c1-33(2,35(41,42)43)26(49-31(58)59)28(56)48-24(12-17-6-8-19(47)9-7-17)25(55)16-53(52-29(57)27(50-32(60)61-5)34(3,4)36(44,45)46)15-20-21(37)13-18(14-22(20)38)23-10-11-54(51-23)30(39)40/h6-11,13-14,24-27,30,49,55H,12,15-16H2,1-5H3,(H,48,56)(H,50,60)(H,52,57)(H,58,59). The van der Waals surface area contributed by atoms with E-state index < -0.39 is 115 Å². The molecule has 0 spiro atoms. The summed E-state index contributed by atoms with van der Waals surface area (Å²) in [4.78, 5) is 50.9. The molecule has 0 aliphatic carbocycles. The van der Waals surface area contributed by atoms with Crippen LogP contribution in [0.5, 0.6) is 0 Å². The van der Waals surface area contributed by atoms with E-state index in [0.717, 1.165) is 19.4 Å². The van der Waals surface area contributed by atoms with Gasteiger partial charge in [-0.3, -0.25) is 15.0 Å². The first-order chi connectivity index (χ1) is 28.0. The molecular weight excluding hydrogens is 959 g/mol. The predicted molar refractivity (Wildman–Crippen MR) is 202 cm³/mol. The molecule has 3 rings (SSSR count). The third-order valence-electron chi connectivity index (χ3n) is 9.58. The number of halogens is 11. The van der Waals surface area contributed by atoms with Gasteiger partial charge in [-0.1, -0.05) is 12.1 Å². The van der Waals surface area contributed by atoms with E-state index in [1.807, 2.05) is 28.0 Å². The van der Waals surface area contributed by atoms with Crippen molar-refractivity contribution in [2.45, 2.75) is 83.8 Å². The zero-order chi connectivity index (χ0) is 46.4. The molecule has 61 heavy (non-hydrogen) atoms. The number of nitrogens with zero attached hydrogens (tertiary/aromatic N) is 3. The number of alkyl carbamates (subject to hydrolysis) is 1. The van der Waals surface area contributed by atoms with E-state index in [2.05, 4.69) is 15.2 Å². The fraction of sp³-hybridized carbons (Fsp3) is 0.472. The third kappa shape index (κ3) is 12.8. The largest absolute Gasteiger partial charge is 0.465 e. The van der Waals surface area contributed by atoms with E-state index >= 15 is 8.78 Å². The van der Waals surface area contributed by atoms with Crippen molar-refractivity contribution in [3.8, 4) is 11.3 Å². The van der Waals surface area contributed by atoms with Gasteiger partial charge in [0.05, 0.1) is 35.8 Å². The van der Waals surface area contributed by atoms with E-state index in [1.165, 1.54) is 17.4 Å². The summed E-state index contributed by atoms with van der Waals surface area (Å²) in [6, 6.07) is 1.60. The number of aliphatic hydroxyl groups excluding tert-OH is 1. The van der Waals surface area contributed by atoms with Crippen LogP contribution in [0.3, 0.4) is 0 Å². The molecule has 0 fully saturated rings. The lowest BCUT2D eigenvalue weighted by Crippen LogP contribution is -2.63. The molecule has 0 saturated heterocycles.